The van der Waals surface area contributed by atoms with Gasteiger partial charge in [0.1, 0.15) is 12.0 Å². The molecular formula is C37H31N4O5PS. The summed E-state index contributed by atoms with van der Waals surface area (Å²) in [6, 6.07) is 36.4. The number of β-lactam (4-membered cyclic amide) rings is 1. The molecule has 0 aliphatic carbocycles. The van der Waals surface area contributed by atoms with E-state index in [4.69, 9.17) is 17.0 Å². The number of likely N-dealkylation sites (tertiary alicyclic amines) is 1. The number of nitro groups is 1. The van der Waals surface area contributed by atoms with E-state index >= 15 is 0 Å². The fourth-order valence-corrected chi connectivity index (χ4v) is 10.6. The van der Waals surface area contributed by atoms with Gasteiger partial charge < -0.3 is 9.64 Å². The van der Waals surface area contributed by atoms with Crippen LogP contribution < -0.4 is 15.9 Å². The molecule has 1 amide bonds. The van der Waals surface area contributed by atoms with Crippen molar-refractivity contribution in [3.05, 3.63) is 155 Å². The number of hydrogen-bond donors (Lipinski definition) is 0. The molecule has 1 saturated heterocycles. The van der Waals surface area contributed by atoms with E-state index in [-0.39, 0.29) is 36.5 Å². The van der Waals surface area contributed by atoms with Crippen molar-refractivity contribution in [1.29, 1.82) is 0 Å². The normalized spacial score (nSPS) is 14.1. The van der Waals surface area contributed by atoms with E-state index in [1.165, 1.54) is 12.1 Å². The van der Waals surface area contributed by atoms with Crippen LogP contribution in [0.15, 0.2) is 128 Å². The molecule has 1 aliphatic heterocycles. The van der Waals surface area contributed by atoms with Crippen LogP contribution in [0.5, 0.6) is 0 Å². The minimum atomic E-state index is -3.10. The SMILES string of the molecule is Cc1ccnc(C(=S)CC2CC(=O)N2C(C(=O)OCc2ccc([N+](=O)[O-])cc2)=P(c2ccccc2)(c2ccccc2)c2ccccc2)n1. The van der Waals surface area contributed by atoms with Crippen LogP contribution in [0.3, 0.4) is 0 Å². The molecule has 4 aromatic carbocycles. The lowest BCUT2D eigenvalue weighted by Crippen LogP contribution is -2.60. The Balaban J connectivity index is 1.56. The Morgan fingerprint density at radius 1 is 0.896 bits per heavy atom. The van der Waals surface area contributed by atoms with Gasteiger partial charge in [0.05, 0.1) is 15.8 Å². The molecule has 1 fully saturated rings. The number of ether oxygens (including phenoxy) is 1. The fraction of sp³-hybridized carbons (Fsp3) is 0.135. The third-order valence-corrected chi connectivity index (χ3v) is 12.8. The molecule has 240 valence electrons. The molecule has 0 radical (unpaired) electrons. The van der Waals surface area contributed by atoms with Crippen molar-refractivity contribution in [2.24, 2.45) is 0 Å². The highest BCUT2D eigenvalue weighted by atomic mass is 32.1. The van der Waals surface area contributed by atoms with E-state index in [2.05, 4.69) is 9.97 Å². The number of hydrogen-bond acceptors (Lipinski definition) is 8. The van der Waals surface area contributed by atoms with Gasteiger partial charge in [0.15, 0.2) is 5.82 Å². The molecule has 0 N–H and O–H groups in total. The van der Waals surface area contributed by atoms with Crippen molar-refractivity contribution in [2.75, 3.05) is 0 Å². The van der Waals surface area contributed by atoms with E-state index in [9.17, 15) is 19.7 Å². The maximum absolute atomic E-state index is 14.8. The molecule has 6 rings (SSSR count). The van der Waals surface area contributed by atoms with Crippen LogP contribution in [-0.4, -0.2) is 48.0 Å². The quantitative estimate of drug-likeness (QED) is 0.0354. The average molecular weight is 675 g/mol. The number of amides is 1. The minimum absolute atomic E-state index is 0.0675. The lowest BCUT2D eigenvalue weighted by Gasteiger charge is -2.45. The molecule has 1 unspecified atom stereocenters. The molecular weight excluding hydrogens is 643 g/mol. The molecule has 0 spiro atoms. The first-order chi connectivity index (χ1) is 23.3. The van der Waals surface area contributed by atoms with Gasteiger partial charge in [0.2, 0.25) is 5.91 Å². The standard InChI is InChI=1S/C37H31N4O5PS/c1-26-21-22-38-35(39-26)33(48)23-29-24-34(42)40(29)36(37(43)46-25-27-17-19-28(20-18-27)41(44)45)47(30-11-5-2-6-12-30,31-13-7-3-8-14-31)32-15-9-4-10-16-32/h2-22,29H,23-25H2,1H3. The predicted molar refractivity (Wildman–Crippen MR) is 191 cm³/mol. The summed E-state index contributed by atoms with van der Waals surface area (Å²) in [6.07, 6.45) is 2.11. The van der Waals surface area contributed by atoms with Crippen LogP contribution >= 0.6 is 19.1 Å². The van der Waals surface area contributed by atoms with Crippen molar-refractivity contribution in [3.8, 4) is 0 Å². The zero-order valence-corrected chi connectivity index (χ0v) is 27.7. The Hall–Kier alpha value is -5.31. The van der Waals surface area contributed by atoms with Crippen LogP contribution in [-0.2, 0) is 20.9 Å². The van der Waals surface area contributed by atoms with Crippen LogP contribution in [0.25, 0.3) is 0 Å². The number of nitrogens with zero attached hydrogens (tertiary/aromatic N) is 4. The second-order valence-corrected chi connectivity index (χ2v) is 15.1. The van der Waals surface area contributed by atoms with Gasteiger partial charge in [-0.25, -0.2) is 14.8 Å². The molecule has 5 aromatic rings. The molecule has 1 aliphatic rings. The van der Waals surface area contributed by atoms with Crippen LogP contribution in [0.4, 0.5) is 5.69 Å². The van der Waals surface area contributed by atoms with Crippen LogP contribution in [0.2, 0.25) is 0 Å². The number of rotatable bonds is 11. The molecule has 11 heteroatoms. The van der Waals surface area contributed by atoms with Gasteiger partial charge in [-0.05, 0) is 46.6 Å². The molecule has 0 bridgehead atoms. The second-order valence-electron chi connectivity index (χ2n) is 11.3. The van der Waals surface area contributed by atoms with Crippen molar-refractivity contribution in [1.82, 2.24) is 14.9 Å². The van der Waals surface area contributed by atoms with Gasteiger partial charge in [-0.2, -0.15) is 0 Å². The first kappa shape index (κ1) is 32.6. The highest BCUT2D eigenvalue weighted by molar-refractivity contribution is 7.96. The number of carbonyl (C=O) groups is 2. The number of benzene rings is 4. The lowest BCUT2D eigenvalue weighted by atomic mass is 9.96. The zero-order chi connectivity index (χ0) is 33.7. The fourth-order valence-electron chi connectivity index (χ4n) is 5.92. The van der Waals surface area contributed by atoms with Crippen molar-refractivity contribution in [3.63, 3.8) is 0 Å². The average Bonchev–Trinajstić information content (AvgIpc) is 3.11. The smallest absolute Gasteiger partial charge is 0.356 e. The first-order valence-corrected chi connectivity index (χ1v) is 17.5. The van der Waals surface area contributed by atoms with E-state index in [1.54, 1.807) is 29.3 Å². The number of carbonyl (C=O) groups excluding carboxylic acids is 2. The molecule has 1 aromatic heterocycles. The lowest BCUT2D eigenvalue weighted by molar-refractivity contribution is -0.384. The van der Waals surface area contributed by atoms with Crippen molar-refractivity contribution >= 4 is 62.9 Å². The van der Waals surface area contributed by atoms with Crippen LogP contribution in [0.1, 0.15) is 29.9 Å². The summed E-state index contributed by atoms with van der Waals surface area (Å²) in [7, 11) is 0. The zero-order valence-electron chi connectivity index (χ0n) is 26.0. The van der Waals surface area contributed by atoms with Gasteiger partial charge in [0.25, 0.3) is 5.69 Å². The number of non-ortho nitro benzene ring substituents is 1. The van der Waals surface area contributed by atoms with Gasteiger partial charge in [-0.3, -0.25) is 14.9 Å². The summed E-state index contributed by atoms with van der Waals surface area (Å²) >= 11 is 5.79. The summed E-state index contributed by atoms with van der Waals surface area (Å²) in [4.78, 5) is 50.3. The van der Waals surface area contributed by atoms with Crippen molar-refractivity contribution in [2.45, 2.75) is 32.4 Å². The minimum Gasteiger partial charge on any atom is -0.456 e. The molecule has 0 saturated carbocycles. The van der Waals surface area contributed by atoms with Gasteiger partial charge >= 0.3 is 5.97 Å². The first-order valence-electron chi connectivity index (χ1n) is 15.3. The Kier molecular flexibility index (Phi) is 9.66. The Bertz CT molecular complexity index is 1940. The molecule has 1 atom stereocenters. The third-order valence-electron chi connectivity index (χ3n) is 8.19. The van der Waals surface area contributed by atoms with E-state index in [1.807, 2.05) is 97.9 Å². The van der Waals surface area contributed by atoms with Gasteiger partial charge in [-0.15, -0.1) is 0 Å². The number of aromatic nitrogens is 2. The Morgan fingerprint density at radius 3 is 1.92 bits per heavy atom. The summed E-state index contributed by atoms with van der Waals surface area (Å²) in [5.41, 5.74) is 1.51. The highest BCUT2D eigenvalue weighted by Crippen LogP contribution is 2.49. The largest absolute Gasteiger partial charge is 0.456 e. The van der Waals surface area contributed by atoms with Crippen LogP contribution in [0, 0.1) is 17.0 Å². The topological polar surface area (TPSA) is 116 Å². The van der Waals surface area contributed by atoms with E-state index in [0.29, 0.717) is 16.3 Å². The number of nitro benzene ring substituents is 1. The number of thiocarbonyl (C=S) groups is 1. The number of esters is 1. The third kappa shape index (κ3) is 6.45. The maximum atomic E-state index is 14.8. The Labute approximate surface area is 283 Å². The van der Waals surface area contributed by atoms with E-state index in [0.717, 1.165) is 21.6 Å². The molecule has 48 heavy (non-hydrogen) atoms. The molecule has 9 nitrogen and oxygen atoms in total. The summed E-state index contributed by atoms with van der Waals surface area (Å²) in [5, 5.41) is 13.8. The summed E-state index contributed by atoms with van der Waals surface area (Å²) < 4.78 is 6.05. The maximum Gasteiger partial charge on any atom is 0.356 e. The summed E-state index contributed by atoms with van der Waals surface area (Å²) in [6.45, 7) is -1.39. The Morgan fingerprint density at radius 2 is 1.44 bits per heavy atom. The van der Waals surface area contributed by atoms with Gasteiger partial charge in [0, 0.05) is 43.8 Å². The predicted octanol–water partition coefficient (Wildman–Crippen LogP) is 5.27. The highest BCUT2D eigenvalue weighted by Gasteiger charge is 2.47. The monoisotopic (exact) mass is 674 g/mol. The second kappa shape index (κ2) is 14.2. The van der Waals surface area contributed by atoms with Crippen molar-refractivity contribution < 1.29 is 19.2 Å². The van der Waals surface area contributed by atoms with Gasteiger partial charge in [-0.1, -0.05) is 103 Å². The number of aryl methyl sites for hydroxylation is 1. The summed E-state index contributed by atoms with van der Waals surface area (Å²) in [5.74, 6) is -0.460. The van der Waals surface area contributed by atoms with E-state index < -0.39 is 23.8 Å². The molecule has 2 heterocycles.